The van der Waals surface area contributed by atoms with E-state index in [4.69, 9.17) is 10.5 Å². The van der Waals surface area contributed by atoms with Gasteiger partial charge in [-0.2, -0.15) is 0 Å². The van der Waals surface area contributed by atoms with E-state index in [1.165, 1.54) is 12.8 Å². The molecule has 2 heteroatoms. The number of nitrogens with two attached hydrogens (primary N) is 1. The van der Waals surface area contributed by atoms with Gasteiger partial charge in [-0.3, -0.25) is 0 Å². The third-order valence-electron chi connectivity index (χ3n) is 2.14. The largest absolute Gasteiger partial charge is 0.375 e. The zero-order valence-corrected chi connectivity index (χ0v) is 6.68. The SMILES string of the molecule is CCC1CCC(CCN)O1. The first-order chi connectivity index (χ1) is 4.86. The molecule has 0 aromatic heterocycles. The fourth-order valence-corrected chi connectivity index (χ4v) is 1.48. The summed E-state index contributed by atoms with van der Waals surface area (Å²) in [4.78, 5) is 0. The van der Waals surface area contributed by atoms with E-state index in [9.17, 15) is 0 Å². The number of ether oxygens (including phenoxy) is 1. The van der Waals surface area contributed by atoms with Crippen LogP contribution in [-0.2, 0) is 4.74 Å². The number of rotatable bonds is 3. The maximum Gasteiger partial charge on any atom is 0.0591 e. The van der Waals surface area contributed by atoms with Gasteiger partial charge in [0.25, 0.3) is 0 Å². The van der Waals surface area contributed by atoms with E-state index in [2.05, 4.69) is 6.92 Å². The second-order valence-corrected chi connectivity index (χ2v) is 2.94. The molecule has 0 spiro atoms. The van der Waals surface area contributed by atoms with E-state index in [1.54, 1.807) is 0 Å². The highest BCUT2D eigenvalue weighted by molar-refractivity contribution is 4.72. The molecule has 2 N–H and O–H groups in total. The van der Waals surface area contributed by atoms with Crippen LogP contribution in [0.25, 0.3) is 0 Å². The first-order valence-corrected chi connectivity index (χ1v) is 4.22. The summed E-state index contributed by atoms with van der Waals surface area (Å²) in [7, 11) is 0. The van der Waals surface area contributed by atoms with Crippen molar-refractivity contribution in [3.63, 3.8) is 0 Å². The van der Waals surface area contributed by atoms with Crippen LogP contribution in [-0.4, -0.2) is 18.8 Å². The normalized spacial score (nSPS) is 33.0. The standard InChI is InChI=1S/C8H17NO/c1-2-7-3-4-8(10-7)5-6-9/h7-8H,2-6,9H2,1H3. The third kappa shape index (κ3) is 1.96. The Morgan fingerprint density at radius 2 is 2.10 bits per heavy atom. The third-order valence-corrected chi connectivity index (χ3v) is 2.14. The van der Waals surface area contributed by atoms with Gasteiger partial charge in [0.1, 0.15) is 0 Å². The molecule has 1 saturated heterocycles. The van der Waals surface area contributed by atoms with Crippen molar-refractivity contribution in [2.24, 2.45) is 5.73 Å². The van der Waals surface area contributed by atoms with Gasteiger partial charge in [-0.1, -0.05) is 6.92 Å². The lowest BCUT2D eigenvalue weighted by molar-refractivity contribution is 0.0403. The van der Waals surface area contributed by atoms with E-state index in [0.29, 0.717) is 12.2 Å². The monoisotopic (exact) mass is 143 g/mol. The average Bonchev–Trinajstić information content (AvgIpc) is 2.37. The van der Waals surface area contributed by atoms with Gasteiger partial charge in [-0.15, -0.1) is 0 Å². The lowest BCUT2D eigenvalue weighted by Crippen LogP contribution is -2.14. The highest BCUT2D eigenvalue weighted by Crippen LogP contribution is 2.23. The van der Waals surface area contributed by atoms with Crippen molar-refractivity contribution in [1.29, 1.82) is 0 Å². The van der Waals surface area contributed by atoms with E-state index < -0.39 is 0 Å². The van der Waals surface area contributed by atoms with Crippen molar-refractivity contribution in [1.82, 2.24) is 0 Å². The van der Waals surface area contributed by atoms with Crippen LogP contribution in [0.2, 0.25) is 0 Å². The van der Waals surface area contributed by atoms with Crippen LogP contribution in [0.1, 0.15) is 32.6 Å². The molecular weight excluding hydrogens is 126 g/mol. The molecule has 1 aliphatic rings. The van der Waals surface area contributed by atoms with Gasteiger partial charge in [-0.25, -0.2) is 0 Å². The van der Waals surface area contributed by atoms with E-state index in [-0.39, 0.29) is 0 Å². The zero-order chi connectivity index (χ0) is 7.40. The highest BCUT2D eigenvalue weighted by Gasteiger charge is 2.22. The summed E-state index contributed by atoms with van der Waals surface area (Å²) in [5.74, 6) is 0. The Morgan fingerprint density at radius 1 is 1.40 bits per heavy atom. The van der Waals surface area contributed by atoms with Gasteiger partial charge in [0.2, 0.25) is 0 Å². The van der Waals surface area contributed by atoms with Gasteiger partial charge < -0.3 is 10.5 Å². The quantitative estimate of drug-likeness (QED) is 0.646. The Bertz CT molecular complexity index is 95.3. The summed E-state index contributed by atoms with van der Waals surface area (Å²) in [6, 6.07) is 0. The summed E-state index contributed by atoms with van der Waals surface area (Å²) in [5, 5.41) is 0. The summed E-state index contributed by atoms with van der Waals surface area (Å²) in [5.41, 5.74) is 5.42. The fraction of sp³-hybridized carbons (Fsp3) is 1.00. The van der Waals surface area contributed by atoms with Crippen molar-refractivity contribution in [2.45, 2.75) is 44.8 Å². The lowest BCUT2D eigenvalue weighted by atomic mass is 10.1. The highest BCUT2D eigenvalue weighted by atomic mass is 16.5. The molecule has 0 aromatic rings. The summed E-state index contributed by atoms with van der Waals surface area (Å²) < 4.78 is 5.67. The Labute approximate surface area is 62.7 Å². The Morgan fingerprint density at radius 3 is 2.60 bits per heavy atom. The zero-order valence-electron chi connectivity index (χ0n) is 6.68. The number of hydrogen-bond acceptors (Lipinski definition) is 2. The van der Waals surface area contributed by atoms with Gasteiger partial charge in [0.15, 0.2) is 0 Å². The van der Waals surface area contributed by atoms with E-state index in [1.807, 2.05) is 0 Å². The minimum atomic E-state index is 0.468. The molecule has 0 amide bonds. The van der Waals surface area contributed by atoms with Crippen LogP contribution in [0.4, 0.5) is 0 Å². The van der Waals surface area contributed by atoms with Crippen molar-refractivity contribution < 1.29 is 4.74 Å². The molecule has 1 rings (SSSR count). The molecule has 1 aliphatic heterocycles. The van der Waals surface area contributed by atoms with Crippen molar-refractivity contribution in [2.75, 3.05) is 6.54 Å². The molecule has 0 saturated carbocycles. The molecule has 2 nitrogen and oxygen atoms in total. The maximum atomic E-state index is 5.67. The molecule has 1 fully saturated rings. The topological polar surface area (TPSA) is 35.2 Å². The molecular formula is C8H17NO. The van der Waals surface area contributed by atoms with Crippen LogP contribution >= 0.6 is 0 Å². The van der Waals surface area contributed by atoms with Crippen molar-refractivity contribution >= 4 is 0 Å². The van der Waals surface area contributed by atoms with Gasteiger partial charge in [0.05, 0.1) is 12.2 Å². The second kappa shape index (κ2) is 3.94. The van der Waals surface area contributed by atoms with Crippen LogP contribution < -0.4 is 5.73 Å². The Balaban J connectivity index is 2.15. The average molecular weight is 143 g/mol. The predicted molar refractivity (Wildman–Crippen MR) is 41.9 cm³/mol. The Hall–Kier alpha value is -0.0800. The molecule has 10 heavy (non-hydrogen) atoms. The smallest absolute Gasteiger partial charge is 0.0591 e. The van der Waals surface area contributed by atoms with Crippen LogP contribution in [0, 0.1) is 0 Å². The molecule has 0 radical (unpaired) electrons. The van der Waals surface area contributed by atoms with Crippen LogP contribution in [0.15, 0.2) is 0 Å². The molecule has 1 heterocycles. The minimum Gasteiger partial charge on any atom is -0.375 e. The van der Waals surface area contributed by atoms with Gasteiger partial charge in [-0.05, 0) is 32.2 Å². The minimum absolute atomic E-state index is 0.468. The molecule has 2 atom stereocenters. The molecule has 0 aliphatic carbocycles. The van der Waals surface area contributed by atoms with Gasteiger partial charge in [0, 0.05) is 0 Å². The summed E-state index contributed by atoms with van der Waals surface area (Å²) in [6.07, 6.45) is 5.64. The molecule has 0 bridgehead atoms. The first-order valence-electron chi connectivity index (χ1n) is 4.22. The van der Waals surface area contributed by atoms with E-state index >= 15 is 0 Å². The molecule has 2 unspecified atom stereocenters. The maximum absolute atomic E-state index is 5.67. The summed E-state index contributed by atoms with van der Waals surface area (Å²) >= 11 is 0. The molecule has 0 aromatic carbocycles. The van der Waals surface area contributed by atoms with Gasteiger partial charge >= 0.3 is 0 Å². The second-order valence-electron chi connectivity index (χ2n) is 2.94. The predicted octanol–water partition coefficient (Wildman–Crippen LogP) is 1.29. The van der Waals surface area contributed by atoms with E-state index in [0.717, 1.165) is 19.4 Å². The summed E-state index contributed by atoms with van der Waals surface area (Å²) in [6.45, 7) is 2.94. The Kier molecular flexibility index (Phi) is 3.16. The molecule has 60 valence electrons. The first kappa shape index (κ1) is 8.02. The number of hydrogen-bond donors (Lipinski definition) is 1. The van der Waals surface area contributed by atoms with Crippen LogP contribution in [0.3, 0.4) is 0 Å². The van der Waals surface area contributed by atoms with Crippen molar-refractivity contribution in [3.05, 3.63) is 0 Å². The van der Waals surface area contributed by atoms with Crippen LogP contribution in [0.5, 0.6) is 0 Å². The lowest BCUT2D eigenvalue weighted by Gasteiger charge is -2.10. The van der Waals surface area contributed by atoms with Crippen molar-refractivity contribution in [3.8, 4) is 0 Å². The fourth-order valence-electron chi connectivity index (χ4n) is 1.48.